The molecule has 6 heteroatoms. The summed E-state index contributed by atoms with van der Waals surface area (Å²) < 4.78 is 11.2. The summed E-state index contributed by atoms with van der Waals surface area (Å²) in [5.74, 6) is 1.27. The van der Waals surface area contributed by atoms with Crippen molar-refractivity contribution in [2.45, 2.75) is 52.2 Å². The molecule has 1 aliphatic rings. The minimum atomic E-state index is 0.0824. The molecule has 1 aliphatic heterocycles. The monoisotopic (exact) mass is 420 g/mol. The number of hydrazone groups is 1. The molecule has 6 nitrogen and oxygen atoms in total. The van der Waals surface area contributed by atoms with Crippen molar-refractivity contribution >= 4 is 18.0 Å². The molecule has 1 atom stereocenters. The molecule has 2 aromatic rings. The standard InChI is InChI=1S/C25H32N4O2/c1-6-12-22-21(7-2)26-24(25(27-22)30-5)20-15-11-14-19(17-20)13-9-8-10-16-23-29(4)28-18(3)31-23/h6-7,11-12,14-15,17,23H,2,8-10,13,16H2,1,3-5H3/b12-6-. The first kappa shape index (κ1) is 22.5. The van der Waals surface area contributed by atoms with Gasteiger partial charge in [-0.1, -0.05) is 37.3 Å². The van der Waals surface area contributed by atoms with Gasteiger partial charge in [0.15, 0.2) is 6.23 Å². The van der Waals surface area contributed by atoms with Crippen molar-refractivity contribution in [3.63, 3.8) is 0 Å². The van der Waals surface area contributed by atoms with E-state index in [9.17, 15) is 0 Å². The van der Waals surface area contributed by atoms with Crippen molar-refractivity contribution in [2.75, 3.05) is 14.2 Å². The average Bonchev–Trinajstić information content (AvgIpc) is 3.10. The molecule has 1 aromatic carbocycles. The van der Waals surface area contributed by atoms with Gasteiger partial charge < -0.3 is 9.47 Å². The minimum absolute atomic E-state index is 0.0824. The fraction of sp³-hybridized carbons (Fsp3) is 0.400. The predicted molar refractivity (Wildman–Crippen MR) is 127 cm³/mol. The molecule has 0 fully saturated rings. The zero-order chi connectivity index (χ0) is 22.2. The van der Waals surface area contributed by atoms with Gasteiger partial charge in [0.2, 0.25) is 11.8 Å². The molecule has 1 aromatic heterocycles. The zero-order valence-corrected chi connectivity index (χ0v) is 19.0. The Morgan fingerprint density at radius 3 is 2.71 bits per heavy atom. The van der Waals surface area contributed by atoms with Crippen LogP contribution in [0.2, 0.25) is 0 Å². The third-order valence-electron chi connectivity index (χ3n) is 5.27. The molecule has 0 saturated carbocycles. The van der Waals surface area contributed by atoms with E-state index >= 15 is 0 Å². The molecule has 0 aliphatic carbocycles. The van der Waals surface area contributed by atoms with Gasteiger partial charge in [0, 0.05) is 26.0 Å². The van der Waals surface area contributed by atoms with Crippen LogP contribution in [0.1, 0.15) is 56.5 Å². The van der Waals surface area contributed by atoms with Crippen LogP contribution in [0, 0.1) is 0 Å². The smallest absolute Gasteiger partial charge is 0.240 e. The van der Waals surface area contributed by atoms with Crippen LogP contribution >= 0.6 is 0 Å². The number of allylic oxidation sites excluding steroid dienone is 1. The number of ether oxygens (including phenoxy) is 2. The summed E-state index contributed by atoms with van der Waals surface area (Å²) in [6, 6.07) is 8.46. The molecule has 0 radical (unpaired) electrons. The van der Waals surface area contributed by atoms with Gasteiger partial charge in [0.25, 0.3) is 0 Å². The van der Waals surface area contributed by atoms with E-state index in [1.807, 2.05) is 44.1 Å². The summed E-state index contributed by atoms with van der Waals surface area (Å²) in [6.45, 7) is 7.73. The molecule has 164 valence electrons. The van der Waals surface area contributed by atoms with Crippen molar-refractivity contribution in [2.24, 2.45) is 5.10 Å². The van der Waals surface area contributed by atoms with Gasteiger partial charge in [-0.15, -0.1) is 5.10 Å². The SMILES string of the molecule is C=Cc1nc(-c2cccc(CCCCCC3OC(C)=NN3C)c2)c(OC)nc1/C=C\C. The quantitative estimate of drug-likeness (QED) is 0.472. The van der Waals surface area contributed by atoms with Crippen LogP contribution in [-0.2, 0) is 11.2 Å². The Hall–Kier alpha value is -3.15. The first-order valence-electron chi connectivity index (χ1n) is 10.8. The summed E-state index contributed by atoms with van der Waals surface area (Å²) in [7, 11) is 3.59. The van der Waals surface area contributed by atoms with Crippen molar-refractivity contribution in [1.29, 1.82) is 0 Å². The summed E-state index contributed by atoms with van der Waals surface area (Å²) in [4.78, 5) is 9.40. The number of aromatic nitrogens is 2. The molecule has 3 rings (SSSR count). The van der Waals surface area contributed by atoms with Crippen LogP contribution in [0.5, 0.6) is 5.88 Å². The van der Waals surface area contributed by atoms with Crippen LogP contribution in [0.3, 0.4) is 0 Å². The Kier molecular flexibility index (Phi) is 7.82. The number of rotatable bonds is 10. The molecule has 1 unspecified atom stereocenters. The maximum absolute atomic E-state index is 5.71. The fourth-order valence-corrected chi connectivity index (χ4v) is 3.73. The van der Waals surface area contributed by atoms with Crippen molar-refractivity contribution in [1.82, 2.24) is 15.0 Å². The number of hydrogen-bond acceptors (Lipinski definition) is 6. The van der Waals surface area contributed by atoms with Crippen LogP contribution in [0.15, 0.2) is 42.0 Å². The Labute approximate surface area is 185 Å². The fourth-order valence-electron chi connectivity index (χ4n) is 3.73. The molecular formula is C25H32N4O2. The lowest BCUT2D eigenvalue weighted by atomic mass is 10.0. The highest BCUT2D eigenvalue weighted by atomic mass is 16.5. The molecular weight excluding hydrogens is 388 g/mol. The highest BCUT2D eigenvalue weighted by Gasteiger charge is 2.21. The number of unbranched alkanes of at least 4 members (excludes halogenated alkanes) is 2. The molecule has 31 heavy (non-hydrogen) atoms. The molecule has 0 saturated heterocycles. The van der Waals surface area contributed by atoms with E-state index in [0.717, 1.165) is 60.6 Å². The molecule has 0 amide bonds. The first-order chi connectivity index (χ1) is 15.0. The van der Waals surface area contributed by atoms with E-state index in [4.69, 9.17) is 14.5 Å². The third-order valence-corrected chi connectivity index (χ3v) is 5.27. The van der Waals surface area contributed by atoms with Gasteiger partial charge in [0.1, 0.15) is 5.69 Å². The van der Waals surface area contributed by atoms with Crippen molar-refractivity contribution < 1.29 is 9.47 Å². The Morgan fingerprint density at radius 2 is 2.03 bits per heavy atom. The number of aryl methyl sites for hydroxylation is 1. The highest BCUT2D eigenvalue weighted by Crippen LogP contribution is 2.29. The van der Waals surface area contributed by atoms with Crippen LogP contribution < -0.4 is 4.74 Å². The Balaban J connectivity index is 1.63. The molecule has 2 heterocycles. The summed E-state index contributed by atoms with van der Waals surface area (Å²) in [6.07, 6.45) is 11.1. The van der Waals surface area contributed by atoms with Gasteiger partial charge in [-0.05, 0) is 50.0 Å². The second-order valence-corrected chi connectivity index (χ2v) is 7.62. The Bertz CT molecular complexity index is 968. The summed E-state index contributed by atoms with van der Waals surface area (Å²) in [5, 5.41) is 6.20. The van der Waals surface area contributed by atoms with Crippen LogP contribution in [0.25, 0.3) is 23.4 Å². The predicted octanol–water partition coefficient (Wildman–Crippen LogP) is 5.55. The lowest BCUT2D eigenvalue weighted by Gasteiger charge is -2.17. The molecule has 0 N–H and O–H groups in total. The van der Waals surface area contributed by atoms with Crippen molar-refractivity contribution in [3.8, 4) is 17.1 Å². The van der Waals surface area contributed by atoms with Gasteiger partial charge in [0.05, 0.1) is 18.5 Å². The van der Waals surface area contributed by atoms with Crippen LogP contribution in [0.4, 0.5) is 0 Å². The number of benzene rings is 1. The van der Waals surface area contributed by atoms with Crippen LogP contribution in [-0.4, -0.2) is 41.3 Å². The number of methoxy groups -OCH3 is 1. The largest absolute Gasteiger partial charge is 0.479 e. The van der Waals surface area contributed by atoms with Crippen molar-refractivity contribution in [3.05, 3.63) is 53.9 Å². The summed E-state index contributed by atoms with van der Waals surface area (Å²) in [5.41, 5.74) is 4.53. The third kappa shape index (κ3) is 5.72. The van der Waals surface area contributed by atoms with E-state index in [1.54, 1.807) is 13.2 Å². The zero-order valence-electron chi connectivity index (χ0n) is 19.0. The maximum atomic E-state index is 5.71. The second-order valence-electron chi connectivity index (χ2n) is 7.62. The van der Waals surface area contributed by atoms with Gasteiger partial charge in [-0.25, -0.2) is 9.97 Å². The maximum Gasteiger partial charge on any atom is 0.240 e. The normalized spacial score (nSPS) is 15.8. The van der Waals surface area contributed by atoms with E-state index in [2.05, 4.69) is 34.9 Å². The van der Waals surface area contributed by atoms with Gasteiger partial charge >= 0.3 is 0 Å². The molecule has 0 bridgehead atoms. The summed E-state index contributed by atoms with van der Waals surface area (Å²) >= 11 is 0. The van der Waals surface area contributed by atoms with Gasteiger partial charge in [-0.3, -0.25) is 5.01 Å². The highest BCUT2D eigenvalue weighted by molar-refractivity contribution is 5.74. The average molecular weight is 421 g/mol. The minimum Gasteiger partial charge on any atom is -0.479 e. The molecule has 0 spiro atoms. The van der Waals surface area contributed by atoms with E-state index < -0.39 is 0 Å². The topological polar surface area (TPSA) is 59.8 Å². The lowest BCUT2D eigenvalue weighted by molar-refractivity contribution is 0.0665. The van der Waals surface area contributed by atoms with E-state index in [-0.39, 0.29) is 6.23 Å². The van der Waals surface area contributed by atoms with E-state index in [1.165, 1.54) is 5.56 Å². The number of hydrogen-bond donors (Lipinski definition) is 0. The Morgan fingerprint density at radius 1 is 1.19 bits per heavy atom. The lowest BCUT2D eigenvalue weighted by Crippen LogP contribution is -2.24. The first-order valence-corrected chi connectivity index (χ1v) is 10.8. The second kappa shape index (κ2) is 10.8. The van der Waals surface area contributed by atoms with E-state index in [0.29, 0.717) is 5.88 Å². The number of nitrogens with zero attached hydrogens (tertiary/aromatic N) is 4. The van der Waals surface area contributed by atoms with Gasteiger partial charge in [-0.2, -0.15) is 0 Å².